The summed E-state index contributed by atoms with van der Waals surface area (Å²) < 4.78 is 0. The first-order chi connectivity index (χ1) is 6.58. The highest BCUT2D eigenvalue weighted by atomic mass is 16.4. The van der Waals surface area contributed by atoms with Crippen molar-refractivity contribution in [2.45, 2.75) is 31.3 Å². The second kappa shape index (κ2) is 2.81. The molecule has 1 unspecified atom stereocenters. The third kappa shape index (κ3) is 1.13. The van der Waals surface area contributed by atoms with E-state index in [1.165, 1.54) is 6.33 Å². The molecule has 1 aliphatic rings. The van der Waals surface area contributed by atoms with Gasteiger partial charge in [0.2, 0.25) is 0 Å². The van der Waals surface area contributed by atoms with E-state index in [1.54, 1.807) is 0 Å². The minimum absolute atomic E-state index is 0.643. The molecule has 0 spiro atoms. The molecule has 1 atom stereocenters. The van der Waals surface area contributed by atoms with Gasteiger partial charge in [0.1, 0.15) is 0 Å². The Kier molecular flexibility index (Phi) is 1.85. The molecule has 1 aromatic heterocycles. The van der Waals surface area contributed by atoms with Gasteiger partial charge in [-0.3, -0.25) is 0 Å². The molecular weight excluding hydrogens is 184 g/mol. The number of hydrogen-bond acceptors (Lipinski definition) is 3. The molecule has 1 saturated carbocycles. The van der Waals surface area contributed by atoms with Gasteiger partial charge in [0, 0.05) is 5.69 Å². The Morgan fingerprint density at radius 2 is 2.36 bits per heavy atom. The number of hydrogen-bond donors (Lipinski definition) is 3. The third-order valence-electron chi connectivity index (χ3n) is 2.85. The summed E-state index contributed by atoms with van der Waals surface area (Å²) in [4.78, 5) is 17.7. The Bertz CT molecular complexity index is 368. The molecule has 0 saturated heterocycles. The minimum Gasteiger partial charge on any atom is -0.479 e. The third-order valence-corrected chi connectivity index (χ3v) is 2.85. The number of nitrogens with one attached hydrogen (secondary N) is 1. The van der Waals surface area contributed by atoms with Crippen molar-refractivity contribution in [3.05, 3.63) is 17.7 Å². The van der Waals surface area contributed by atoms with Crippen LogP contribution in [0.5, 0.6) is 0 Å². The first-order valence-corrected chi connectivity index (χ1v) is 4.49. The number of H-pyrrole nitrogens is 1. The van der Waals surface area contributed by atoms with E-state index in [2.05, 4.69) is 9.97 Å². The van der Waals surface area contributed by atoms with E-state index in [0.717, 1.165) is 5.69 Å². The molecule has 5 heteroatoms. The van der Waals surface area contributed by atoms with Crippen molar-refractivity contribution in [1.82, 2.24) is 9.97 Å². The molecule has 0 bridgehead atoms. The fraction of sp³-hybridized carbons (Fsp3) is 0.556. The van der Waals surface area contributed by atoms with Gasteiger partial charge in [0.25, 0.3) is 0 Å². The van der Waals surface area contributed by atoms with E-state index in [9.17, 15) is 9.90 Å². The second-order valence-electron chi connectivity index (χ2n) is 3.77. The maximum Gasteiger partial charge on any atom is 0.333 e. The van der Waals surface area contributed by atoms with E-state index in [0.29, 0.717) is 18.5 Å². The van der Waals surface area contributed by atoms with Crippen LogP contribution in [-0.4, -0.2) is 32.3 Å². The average molecular weight is 196 g/mol. The number of carboxylic acids is 1. The van der Waals surface area contributed by atoms with Crippen LogP contribution in [0.2, 0.25) is 0 Å². The molecule has 5 nitrogen and oxygen atoms in total. The first kappa shape index (κ1) is 9.21. The van der Waals surface area contributed by atoms with Crippen LogP contribution in [0.3, 0.4) is 0 Å². The molecule has 0 amide bonds. The van der Waals surface area contributed by atoms with Crippen molar-refractivity contribution < 1.29 is 15.0 Å². The number of aliphatic hydroxyl groups is 1. The van der Waals surface area contributed by atoms with Crippen LogP contribution < -0.4 is 0 Å². The molecule has 3 N–H and O–H groups in total. The van der Waals surface area contributed by atoms with Gasteiger partial charge in [0.15, 0.2) is 6.10 Å². The molecule has 14 heavy (non-hydrogen) atoms. The zero-order chi connectivity index (χ0) is 10.3. The zero-order valence-electron chi connectivity index (χ0n) is 7.82. The highest BCUT2D eigenvalue weighted by molar-refractivity contribution is 5.75. The fourth-order valence-electron chi connectivity index (χ4n) is 1.87. The van der Waals surface area contributed by atoms with Gasteiger partial charge in [-0.05, 0) is 19.8 Å². The SMILES string of the molecule is Cc1[nH]cnc1C1(C(O)C(=O)O)CC1. The van der Waals surface area contributed by atoms with Gasteiger partial charge in [-0.1, -0.05) is 0 Å². The number of aliphatic hydroxyl groups excluding tert-OH is 1. The van der Waals surface area contributed by atoms with Crippen LogP contribution in [0.4, 0.5) is 0 Å². The topological polar surface area (TPSA) is 86.2 Å². The molecule has 1 heterocycles. The number of imidazole rings is 1. The van der Waals surface area contributed by atoms with Gasteiger partial charge >= 0.3 is 5.97 Å². The number of aryl methyl sites for hydroxylation is 1. The molecule has 1 aromatic rings. The second-order valence-corrected chi connectivity index (χ2v) is 3.77. The summed E-state index contributed by atoms with van der Waals surface area (Å²) in [6.45, 7) is 1.83. The van der Waals surface area contributed by atoms with Gasteiger partial charge < -0.3 is 15.2 Å². The van der Waals surface area contributed by atoms with E-state index in [-0.39, 0.29) is 0 Å². The average Bonchev–Trinajstić information content (AvgIpc) is 2.83. The summed E-state index contributed by atoms with van der Waals surface area (Å²) >= 11 is 0. The zero-order valence-corrected chi connectivity index (χ0v) is 7.82. The number of rotatable bonds is 3. The van der Waals surface area contributed by atoms with Gasteiger partial charge in [-0.15, -0.1) is 0 Å². The summed E-state index contributed by atoms with van der Waals surface area (Å²) in [5.41, 5.74) is 0.880. The van der Waals surface area contributed by atoms with Crippen molar-refractivity contribution >= 4 is 5.97 Å². The quantitative estimate of drug-likeness (QED) is 0.644. The van der Waals surface area contributed by atoms with E-state index in [4.69, 9.17) is 5.11 Å². The number of carboxylic acid groups (broad SMARTS) is 1. The van der Waals surface area contributed by atoms with Crippen LogP contribution in [0, 0.1) is 6.92 Å². The van der Waals surface area contributed by atoms with Crippen LogP contribution >= 0.6 is 0 Å². The first-order valence-electron chi connectivity index (χ1n) is 4.49. The molecule has 0 radical (unpaired) electrons. The summed E-state index contributed by atoms with van der Waals surface area (Å²) in [5, 5.41) is 18.3. The van der Waals surface area contributed by atoms with E-state index in [1.807, 2.05) is 6.92 Å². The minimum atomic E-state index is -1.34. The Morgan fingerprint density at radius 1 is 1.71 bits per heavy atom. The number of aliphatic carboxylic acids is 1. The van der Waals surface area contributed by atoms with Crippen LogP contribution in [-0.2, 0) is 10.2 Å². The molecule has 0 aromatic carbocycles. The number of aromatic nitrogens is 2. The van der Waals surface area contributed by atoms with Crippen molar-refractivity contribution in [1.29, 1.82) is 0 Å². The predicted octanol–water partition coefficient (Wildman–Crippen LogP) is 0.195. The lowest BCUT2D eigenvalue weighted by Crippen LogP contribution is -2.34. The lowest BCUT2D eigenvalue weighted by Gasteiger charge is -2.17. The summed E-state index contributed by atoms with van der Waals surface area (Å²) in [7, 11) is 0. The molecule has 0 aliphatic heterocycles. The van der Waals surface area contributed by atoms with Crippen molar-refractivity contribution in [3.63, 3.8) is 0 Å². The van der Waals surface area contributed by atoms with Gasteiger partial charge in [-0.2, -0.15) is 0 Å². The molecule has 76 valence electrons. The van der Waals surface area contributed by atoms with Crippen molar-refractivity contribution in [2.24, 2.45) is 0 Å². The standard InChI is InChI=1S/C9H12N2O3/c1-5-6(11-4-10-5)9(2-3-9)7(12)8(13)14/h4,7,12H,2-3H2,1H3,(H,10,11)(H,13,14). The van der Waals surface area contributed by atoms with Gasteiger partial charge in [-0.25, -0.2) is 9.78 Å². The maximum atomic E-state index is 10.7. The highest BCUT2D eigenvalue weighted by Gasteiger charge is 2.55. The fourth-order valence-corrected chi connectivity index (χ4v) is 1.87. The van der Waals surface area contributed by atoms with Crippen molar-refractivity contribution in [3.8, 4) is 0 Å². The maximum absolute atomic E-state index is 10.7. The van der Waals surface area contributed by atoms with E-state index >= 15 is 0 Å². The van der Waals surface area contributed by atoms with Crippen LogP contribution in [0.25, 0.3) is 0 Å². The Hall–Kier alpha value is -1.36. The predicted molar refractivity (Wildman–Crippen MR) is 47.9 cm³/mol. The Morgan fingerprint density at radius 3 is 2.71 bits per heavy atom. The lowest BCUT2D eigenvalue weighted by atomic mass is 9.94. The molecule has 2 rings (SSSR count). The monoisotopic (exact) mass is 196 g/mol. The smallest absolute Gasteiger partial charge is 0.333 e. The lowest BCUT2D eigenvalue weighted by molar-refractivity contribution is -0.148. The van der Waals surface area contributed by atoms with E-state index < -0.39 is 17.5 Å². The Labute approximate surface area is 80.8 Å². The van der Waals surface area contributed by atoms with Crippen LogP contribution in [0.15, 0.2) is 6.33 Å². The molecule has 1 aliphatic carbocycles. The summed E-state index contributed by atoms with van der Waals surface area (Å²) in [5.74, 6) is -1.18. The molecular formula is C9H12N2O3. The summed E-state index contributed by atoms with van der Waals surface area (Å²) in [6, 6.07) is 0. The van der Waals surface area contributed by atoms with Crippen LogP contribution in [0.1, 0.15) is 24.2 Å². The molecule has 1 fully saturated rings. The highest BCUT2D eigenvalue weighted by Crippen LogP contribution is 2.51. The Balaban J connectivity index is 2.34. The normalized spacial score (nSPS) is 20.4. The number of carbonyl (C=O) groups is 1. The van der Waals surface area contributed by atoms with Crippen molar-refractivity contribution in [2.75, 3.05) is 0 Å². The number of aromatic amines is 1. The van der Waals surface area contributed by atoms with Gasteiger partial charge in [0.05, 0.1) is 17.4 Å². The number of nitrogens with zero attached hydrogens (tertiary/aromatic N) is 1. The largest absolute Gasteiger partial charge is 0.479 e. The summed E-state index contributed by atoms with van der Waals surface area (Å²) in [6.07, 6.45) is 1.56.